The molecule has 1 heterocycles. The van der Waals surface area contributed by atoms with Crippen molar-refractivity contribution in [1.82, 2.24) is 4.57 Å². The molecule has 0 unspecified atom stereocenters. The molecule has 0 amide bonds. The Labute approximate surface area is 160 Å². The van der Waals surface area contributed by atoms with E-state index in [2.05, 4.69) is 0 Å². The Kier molecular flexibility index (Phi) is 4.89. The summed E-state index contributed by atoms with van der Waals surface area (Å²) < 4.78 is 34.6. The maximum absolute atomic E-state index is 14.1. The van der Waals surface area contributed by atoms with E-state index in [0.29, 0.717) is 24.5 Å². The predicted molar refractivity (Wildman–Crippen MR) is 104 cm³/mol. The smallest absolute Gasteiger partial charge is 0.198 e. The number of hydrogen-bond acceptors (Lipinski definition) is 2. The lowest BCUT2D eigenvalue weighted by Crippen LogP contribution is -2.08. The third-order valence-corrected chi connectivity index (χ3v) is 4.57. The highest BCUT2D eigenvalue weighted by Gasteiger charge is 2.19. The molecule has 4 rings (SSSR count). The molecule has 0 aliphatic carbocycles. The van der Waals surface area contributed by atoms with Crippen LogP contribution in [0.3, 0.4) is 0 Å². The molecule has 3 aromatic carbocycles. The van der Waals surface area contributed by atoms with Crippen LogP contribution in [-0.2, 0) is 6.54 Å². The van der Waals surface area contributed by atoms with Gasteiger partial charge in [0.25, 0.3) is 0 Å². The number of carbonyl (C=O) groups is 1. The number of ketones is 1. The van der Waals surface area contributed by atoms with E-state index in [-0.39, 0.29) is 17.2 Å². The number of rotatable bonds is 6. The van der Waals surface area contributed by atoms with Gasteiger partial charge in [-0.05, 0) is 42.5 Å². The van der Waals surface area contributed by atoms with Crippen molar-refractivity contribution >= 4 is 16.7 Å². The van der Waals surface area contributed by atoms with E-state index in [0.717, 1.165) is 10.9 Å². The van der Waals surface area contributed by atoms with Crippen molar-refractivity contribution in [1.29, 1.82) is 0 Å². The summed E-state index contributed by atoms with van der Waals surface area (Å²) in [5.74, 6) is -0.642. The van der Waals surface area contributed by atoms with Gasteiger partial charge in [0.05, 0.1) is 12.1 Å². The molecule has 0 saturated carbocycles. The first-order chi connectivity index (χ1) is 13.6. The Morgan fingerprint density at radius 3 is 2.36 bits per heavy atom. The first-order valence-corrected chi connectivity index (χ1v) is 8.89. The van der Waals surface area contributed by atoms with E-state index < -0.39 is 5.82 Å². The molecule has 140 valence electrons. The normalized spacial score (nSPS) is 10.9. The zero-order valence-electron chi connectivity index (χ0n) is 14.9. The number of ether oxygens (including phenoxy) is 1. The maximum atomic E-state index is 14.1. The molecule has 0 bridgehead atoms. The molecule has 0 aliphatic rings. The fraction of sp³-hybridized carbons (Fsp3) is 0.0870. The molecule has 5 heteroatoms. The van der Waals surface area contributed by atoms with Crippen LogP contribution in [0.1, 0.15) is 15.9 Å². The van der Waals surface area contributed by atoms with Crippen LogP contribution in [0.5, 0.6) is 5.75 Å². The lowest BCUT2D eigenvalue weighted by atomic mass is 10.0. The van der Waals surface area contributed by atoms with Crippen LogP contribution in [0.15, 0.2) is 79.0 Å². The molecule has 28 heavy (non-hydrogen) atoms. The van der Waals surface area contributed by atoms with Crippen LogP contribution >= 0.6 is 0 Å². The van der Waals surface area contributed by atoms with E-state index >= 15 is 0 Å². The number of halogens is 2. The van der Waals surface area contributed by atoms with Crippen molar-refractivity contribution in [3.05, 3.63) is 102 Å². The molecule has 0 radical (unpaired) electrons. The molecule has 0 fully saturated rings. The van der Waals surface area contributed by atoms with Crippen LogP contribution in [0.25, 0.3) is 10.9 Å². The average molecular weight is 377 g/mol. The summed E-state index contributed by atoms with van der Waals surface area (Å²) >= 11 is 0. The standard InChI is InChI=1S/C23H17F2NO2/c24-16-9-11-17(12-10-16)28-14-13-26-15-20(18-5-2-4-8-22(18)26)23(27)19-6-1-3-7-21(19)25/h1-12,15H,13-14H2. The molecule has 1 aromatic heterocycles. The molecule has 0 saturated heterocycles. The van der Waals surface area contributed by atoms with Crippen LogP contribution in [-0.4, -0.2) is 17.0 Å². The van der Waals surface area contributed by atoms with E-state index in [4.69, 9.17) is 4.74 Å². The summed E-state index contributed by atoms with van der Waals surface area (Å²) in [5, 5.41) is 0.762. The monoisotopic (exact) mass is 377 g/mol. The van der Waals surface area contributed by atoms with Crippen molar-refractivity contribution in [3.8, 4) is 5.75 Å². The zero-order chi connectivity index (χ0) is 19.5. The Hall–Kier alpha value is -3.47. The van der Waals surface area contributed by atoms with Crippen LogP contribution < -0.4 is 4.74 Å². The van der Waals surface area contributed by atoms with Crippen molar-refractivity contribution in [3.63, 3.8) is 0 Å². The van der Waals surface area contributed by atoms with Crippen molar-refractivity contribution in [2.75, 3.05) is 6.61 Å². The molecule has 0 spiro atoms. The predicted octanol–water partition coefficient (Wildman–Crippen LogP) is 5.23. The molecular formula is C23H17F2NO2. The second kappa shape index (κ2) is 7.64. The number of nitrogens with zero attached hydrogens (tertiary/aromatic N) is 1. The minimum absolute atomic E-state index is 0.0490. The van der Waals surface area contributed by atoms with Crippen molar-refractivity contribution < 1.29 is 18.3 Å². The van der Waals surface area contributed by atoms with E-state index in [9.17, 15) is 13.6 Å². The Balaban J connectivity index is 1.60. The summed E-state index contributed by atoms with van der Waals surface area (Å²) in [4.78, 5) is 12.9. The molecule has 4 aromatic rings. The fourth-order valence-electron chi connectivity index (χ4n) is 3.20. The van der Waals surface area contributed by atoms with Crippen LogP contribution in [0.4, 0.5) is 8.78 Å². The first-order valence-electron chi connectivity index (χ1n) is 8.89. The van der Waals surface area contributed by atoms with Gasteiger partial charge in [-0.2, -0.15) is 0 Å². The highest BCUT2D eigenvalue weighted by Crippen LogP contribution is 2.25. The van der Waals surface area contributed by atoms with Crippen molar-refractivity contribution in [2.45, 2.75) is 6.54 Å². The van der Waals surface area contributed by atoms with Gasteiger partial charge >= 0.3 is 0 Å². The topological polar surface area (TPSA) is 31.2 Å². The summed E-state index contributed by atoms with van der Waals surface area (Å²) in [7, 11) is 0. The van der Waals surface area contributed by atoms with Gasteiger partial charge in [-0.1, -0.05) is 30.3 Å². The highest BCUT2D eigenvalue weighted by atomic mass is 19.1. The SMILES string of the molecule is O=C(c1ccccc1F)c1cn(CCOc2ccc(F)cc2)c2ccccc12. The summed E-state index contributed by atoms with van der Waals surface area (Å²) in [6.07, 6.45) is 1.73. The molecular weight excluding hydrogens is 360 g/mol. The molecule has 0 atom stereocenters. The third kappa shape index (κ3) is 3.51. The highest BCUT2D eigenvalue weighted by molar-refractivity contribution is 6.16. The summed E-state index contributed by atoms with van der Waals surface area (Å²) in [6.45, 7) is 0.833. The quantitative estimate of drug-likeness (QED) is 0.431. The van der Waals surface area contributed by atoms with Gasteiger partial charge in [0.1, 0.15) is 24.0 Å². The summed E-state index contributed by atoms with van der Waals surface area (Å²) in [6, 6.07) is 19.3. The van der Waals surface area contributed by atoms with Gasteiger partial charge in [0, 0.05) is 22.7 Å². The van der Waals surface area contributed by atoms with Gasteiger partial charge in [-0.15, -0.1) is 0 Å². The van der Waals surface area contributed by atoms with Crippen molar-refractivity contribution in [2.24, 2.45) is 0 Å². The third-order valence-electron chi connectivity index (χ3n) is 4.57. The van der Waals surface area contributed by atoms with E-state index in [1.54, 1.807) is 30.5 Å². The number of para-hydroxylation sites is 1. The molecule has 0 aliphatic heterocycles. The van der Waals surface area contributed by atoms with Gasteiger partial charge in [0.2, 0.25) is 0 Å². The minimum atomic E-state index is -0.538. The number of carbonyl (C=O) groups excluding carboxylic acids is 1. The average Bonchev–Trinajstić information content (AvgIpc) is 3.08. The molecule has 0 N–H and O–H groups in total. The van der Waals surface area contributed by atoms with Crippen LogP contribution in [0, 0.1) is 11.6 Å². The lowest BCUT2D eigenvalue weighted by Gasteiger charge is -2.08. The Morgan fingerprint density at radius 1 is 0.857 bits per heavy atom. The number of aromatic nitrogens is 1. The summed E-state index contributed by atoms with van der Waals surface area (Å²) in [5.41, 5.74) is 1.36. The lowest BCUT2D eigenvalue weighted by molar-refractivity contribution is 0.103. The van der Waals surface area contributed by atoms with Gasteiger partial charge in [0.15, 0.2) is 5.78 Å². The Bertz CT molecular complexity index is 1130. The number of benzene rings is 3. The van der Waals surface area contributed by atoms with E-state index in [1.165, 1.54) is 24.3 Å². The second-order valence-corrected chi connectivity index (χ2v) is 6.36. The van der Waals surface area contributed by atoms with Gasteiger partial charge in [-0.25, -0.2) is 8.78 Å². The molecule has 3 nitrogen and oxygen atoms in total. The van der Waals surface area contributed by atoms with E-state index in [1.807, 2.05) is 28.8 Å². The maximum Gasteiger partial charge on any atom is 0.198 e. The zero-order valence-corrected chi connectivity index (χ0v) is 14.9. The minimum Gasteiger partial charge on any atom is -0.492 e. The second-order valence-electron chi connectivity index (χ2n) is 6.36. The van der Waals surface area contributed by atoms with Gasteiger partial charge < -0.3 is 9.30 Å². The first kappa shape index (κ1) is 17.9. The fourth-order valence-corrected chi connectivity index (χ4v) is 3.20. The van der Waals surface area contributed by atoms with Crippen LogP contribution in [0.2, 0.25) is 0 Å². The largest absolute Gasteiger partial charge is 0.492 e. The van der Waals surface area contributed by atoms with Gasteiger partial charge in [-0.3, -0.25) is 4.79 Å². The Morgan fingerprint density at radius 2 is 1.57 bits per heavy atom. The number of fused-ring (bicyclic) bond motifs is 1. The number of hydrogen-bond donors (Lipinski definition) is 0.